The van der Waals surface area contributed by atoms with Gasteiger partial charge in [0.1, 0.15) is 5.82 Å². The molecule has 0 radical (unpaired) electrons. The Hall–Kier alpha value is -2.28. The van der Waals surface area contributed by atoms with Crippen molar-refractivity contribution >= 4 is 5.91 Å². The Labute approximate surface area is 146 Å². The predicted octanol–water partition coefficient (Wildman–Crippen LogP) is 2.41. The molecule has 2 aromatic rings. The fraction of sp³-hybridized carbons (Fsp3) is 0.500. The molecular weight excluding hydrogens is 323 g/mol. The van der Waals surface area contributed by atoms with Crippen molar-refractivity contribution in [1.29, 1.82) is 0 Å². The molecule has 2 heterocycles. The van der Waals surface area contributed by atoms with Crippen molar-refractivity contribution in [1.82, 2.24) is 20.4 Å². The highest BCUT2D eigenvalue weighted by Crippen LogP contribution is 2.17. The fourth-order valence-corrected chi connectivity index (χ4v) is 3.15. The Morgan fingerprint density at radius 1 is 1.28 bits per heavy atom. The van der Waals surface area contributed by atoms with Gasteiger partial charge in [-0.2, -0.15) is 4.98 Å². The van der Waals surface area contributed by atoms with Crippen LogP contribution in [-0.2, 0) is 11.2 Å². The average Bonchev–Trinajstić information content (AvgIpc) is 3.03. The molecule has 0 spiro atoms. The minimum atomic E-state index is -0.303. The molecule has 7 heteroatoms. The maximum atomic E-state index is 12.9. The number of carbonyl (C=O) groups is 1. The van der Waals surface area contributed by atoms with E-state index in [1.807, 2.05) is 4.90 Å². The molecule has 0 aliphatic carbocycles. The highest BCUT2D eigenvalue weighted by Gasteiger charge is 2.24. The average molecular weight is 346 g/mol. The molecular formula is C18H23FN4O2. The summed E-state index contributed by atoms with van der Waals surface area (Å²) < 4.78 is 18.2. The van der Waals surface area contributed by atoms with E-state index in [0.29, 0.717) is 48.6 Å². The van der Waals surface area contributed by atoms with Crippen LogP contribution < -0.4 is 5.32 Å². The third-order valence-corrected chi connectivity index (χ3v) is 4.26. The molecule has 0 unspecified atom stereocenters. The molecule has 1 fully saturated rings. The van der Waals surface area contributed by atoms with E-state index < -0.39 is 0 Å². The number of amides is 1. The van der Waals surface area contributed by atoms with Crippen LogP contribution in [0.2, 0.25) is 0 Å². The quantitative estimate of drug-likeness (QED) is 0.900. The van der Waals surface area contributed by atoms with Gasteiger partial charge in [-0.3, -0.25) is 4.79 Å². The lowest BCUT2D eigenvalue weighted by Gasteiger charge is -2.36. The summed E-state index contributed by atoms with van der Waals surface area (Å²) in [6.45, 7) is 5.67. The molecule has 134 valence electrons. The summed E-state index contributed by atoms with van der Waals surface area (Å²) in [5.41, 5.74) is 0.705. The zero-order valence-electron chi connectivity index (χ0n) is 14.5. The number of benzene rings is 1. The minimum absolute atomic E-state index is 0.165. The zero-order valence-corrected chi connectivity index (χ0v) is 14.5. The van der Waals surface area contributed by atoms with E-state index in [9.17, 15) is 9.18 Å². The van der Waals surface area contributed by atoms with Crippen LogP contribution in [-0.4, -0.2) is 46.1 Å². The van der Waals surface area contributed by atoms with Crippen molar-refractivity contribution in [2.24, 2.45) is 0 Å². The summed E-state index contributed by atoms with van der Waals surface area (Å²) in [5.74, 6) is 0.793. The van der Waals surface area contributed by atoms with Crippen LogP contribution >= 0.6 is 0 Å². The van der Waals surface area contributed by atoms with Crippen LogP contribution in [0.3, 0.4) is 0 Å². The number of aromatic nitrogens is 2. The second-order valence-electron chi connectivity index (χ2n) is 6.64. The number of nitrogens with one attached hydrogen (secondary N) is 1. The molecule has 6 nitrogen and oxygen atoms in total. The van der Waals surface area contributed by atoms with Crippen LogP contribution in [0.25, 0.3) is 11.4 Å². The van der Waals surface area contributed by atoms with Crippen molar-refractivity contribution in [3.8, 4) is 11.4 Å². The Morgan fingerprint density at radius 2 is 1.96 bits per heavy atom. The first-order valence-electron chi connectivity index (χ1n) is 8.63. The standard InChI is InChI=1S/C18H23FN4O2/c1-12-10-23(11-13(2)20-12)17(24)5-3-4-16-21-18(22-25-16)14-6-8-15(19)9-7-14/h6-9,12-13,20H,3-5,10-11H2,1-2H3/t12-,13-/m0/s1. The van der Waals surface area contributed by atoms with Gasteiger partial charge in [-0.1, -0.05) is 5.16 Å². The van der Waals surface area contributed by atoms with Gasteiger partial charge in [0.15, 0.2) is 0 Å². The number of aryl methyl sites for hydroxylation is 1. The van der Waals surface area contributed by atoms with Crippen molar-refractivity contribution in [3.05, 3.63) is 36.0 Å². The molecule has 1 aliphatic rings. The van der Waals surface area contributed by atoms with Gasteiger partial charge in [0.25, 0.3) is 0 Å². The molecule has 2 atom stereocenters. The monoisotopic (exact) mass is 346 g/mol. The molecule has 1 aromatic heterocycles. The van der Waals surface area contributed by atoms with Crippen LogP contribution in [0.15, 0.2) is 28.8 Å². The number of piperazine rings is 1. The summed E-state index contributed by atoms with van der Waals surface area (Å²) in [4.78, 5) is 18.6. The Morgan fingerprint density at radius 3 is 2.64 bits per heavy atom. The molecule has 3 rings (SSSR count). The highest BCUT2D eigenvalue weighted by molar-refractivity contribution is 5.76. The van der Waals surface area contributed by atoms with Crippen molar-refractivity contribution in [2.75, 3.05) is 13.1 Å². The second-order valence-corrected chi connectivity index (χ2v) is 6.64. The van der Waals surface area contributed by atoms with E-state index in [-0.39, 0.29) is 11.7 Å². The first kappa shape index (κ1) is 17.5. The lowest BCUT2D eigenvalue weighted by molar-refractivity contribution is -0.133. The van der Waals surface area contributed by atoms with Crippen LogP contribution in [0.5, 0.6) is 0 Å². The predicted molar refractivity (Wildman–Crippen MR) is 91.3 cm³/mol. The molecule has 1 amide bonds. The third-order valence-electron chi connectivity index (χ3n) is 4.26. The molecule has 1 saturated heterocycles. The number of hydrogen-bond acceptors (Lipinski definition) is 5. The van der Waals surface area contributed by atoms with Gasteiger partial charge in [0.05, 0.1) is 0 Å². The minimum Gasteiger partial charge on any atom is -0.340 e. The maximum absolute atomic E-state index is 12.9. The Kier molecular flexibility index (Phi) is 5.43. The second kappa shape index (κ2) is 7.74. The first-order chi connectivity index (χ1) is 12.0. The van der Waals surface area contributed by atoms with Gasteiger partial charge >= 0.3 is 0 Å². The molecule has 1 aliphatic heterocycles. The van der Waals surface area contributed by atoms with Crippen LogP contribution in [0.1, 0.15) is 32.6 Å². The summed E-state index contributed by atoms with van der Waals surface area (Å²) in [6.07, 6.45) is 1.68. The molecule has 0 bridgehead atoms. The van der Waals surface area contributed by atoms with Crippen LogP contribution in [0, 0.1) is 5.82 Å². The maximum Gasteiger partial charge on any atom is 0.226 e. The van der Waals surface area contributed by atoms with Gasteiger partial charge in [-0.15, -0.1) is 0 Å². The smallest absolute Gasteiger partial charge is 0.226 e. The molecule has 1 aromatic carbocycles. The third kappa shape index (κ3) is 4.63. The van der Waals surface area contributed by atoms with Gasteiger partial charge in [0.2, 0.25) is 17.6 Å². The normalized spacial score (nSPS) is 20.7. The van der Waals surface area contributed by atoms with E-state index >= 15 is 0 Å². The van der Waals surface area contributed by atoms with Gasteiger partial charge < -0.3 is 14.7 Å². The number of nitrogens with zero attached hydrogens (tertiary/aromatic N) is 3. The zero-order chi connectivity index (χ0) is 17.8. The summed E-state index contributed by atoms with van der Waals surface area (Å²) >= 11 is 0. The molecule has 0 saturated carbocycles. The number of halogens is 1. The lowest BCUT2D eigenvalue weighted by Crippen LogP contribution is -2.55. The van der Waals surface area contributed by atoms with E-state index in [0.717, 1.165) is 13.1 Å². The van der Waals surface area contributed by atoms with E-state index in [2.05, 4.69) is 29.3 Å². The highest BCUT2D eigenvalue weighted by atomic mass is 19.1. The topological polar surface area (TPSA) is 71.3 Å². The lowest BCUT2D eigenvalue weighted by atomic mass is 10.1. The number of rotatable bonds is 5. The van der Waals surface area contributed by atoms with Gasteiger partial charge in [0, 0.05) is 43.6 Å². The SMILES string of the molecule is C[C@H]1CN(C(=O)CCCc2nc(-c3ccc(F)cc3)no2)C[C@H](C)N1. The largest absolute Gasteiger partial charge is 0.340 e. The first-order valence-corrected chi connectivity index (χ1v) is 8.63. The van der Waals surface area contributed by atoms with Crippen molar-refractivity contribution < 1.29 is 13.7 Å². The summed E-state index contributed by atoms with van der Waals surface area (Å²) in [7, 11) is 0. The van der Waals surface area contributed by atoms with E-state index in [1.165, 1.54) is 12.1 Å². The Bertz CT molecular complexity index is 706. The van der Waals surface area contributed by atoms with Crippen molar-refractivity contribution in [3.63, 3.8) is 0 Å². The Balaban J connectivity index is 1.49. The van der Waals surface area contributed by atoms with E-state index in [1.54, 1.807) is 12.1 Å². The summed E-state index contributed by atoms with van der Waals surface area (Å²) in [6, 6.07) is 6.59. The number of carbonyl (C=O) groups excluding carboxylic acids is 1. The molecule has 1 N–H and O–H groups in total. The molecule has 25 heavy (non-hydrogen) atoms. The van der Waals surface area contributed by atoms with Gasteiger partial charge in [-0.05, 0) is 44.5 Å². The van der Waals surface area contributed by atoms with Crippen molar-refractivity contribution in [2.45, 2.75) is 45.2 Å². The summed E-state index contributed by atoms with van der Waals surface area (Å²) in [5, 5.41) is 7.33. The fourth-order valence-electron chi connectivity index (χ4n) is 3.15. The number of hydrogen-bond donors (Lipinski definition) is 1. The van der Waals surface area contributed by atoms with Gasteiger partial charge in [-0.25, -0.2) is 4.39 Å². The van der Waals surface area contributed by atoms with E-state index in [4.69, 9.17) is 4.52 Å². The van der Waals surface area contributed by atoms with Crippen LogP contribution in [0.4, 0.5) is 4.39 Å².